The van der Waals surface area contributed by atoms with E-state index in [2.05, 4.69) is 29.3 Å². The standard InChI is InChI=1S/C27H35N3O3S/c1-4-6-12-21-17-20(3)18-25(27(21)32)30-28-23-14-13-22(19-24(23)29-30)34-16-10-8-7-9-15-33-26(31)11-5-2/h5,11,13-14,17-19,32H,4,6-10,12,15-16H2,1-3H3/b11-5+. The highest BCUT2D eigenvalue weighted by molar-refractivity contribution is 7.99. The molecule has 3 rings (SSSR count). The lowest BCUT2D eigenvalue weighted by molar-refractivity contribution is -0.137. The molecule has 6 nitrogen and oxygen atoms in total. The Morgan fingerprint density at radius 3 is 2.68 bits per heavy atom. The van der Waals surface area contributed by atoms with Gasteiger partial charge in [-0.25, -0.2) is 4.79 Å². The molecular weight excluding hydrogens is 446 g/mol. The number of phenolic OH excluding ortho intramolecular Hbond substituents is 1. The third-order valence-corrected chi connectivity index (χ3v) is 6.61. The monoisotopic (exact) mass is 481 g/mol. The Labute approximate surface area is 206 Å². The third-order valence-electron chi connectivity index (χ3n) is 5.53. The number of phenols is 1. The zero-order valence-electron chi connectivity index (χ0n) is 20.4. The normalized spacial score (nSPS) is 11.5. The number of benzene rings is 2. The van der Waals surface area contributed by atoms with Gasteiger partial charge >= 0.3 is 5.97 Å². The SMILES string of the molecule is C/C=C/C(=O)OCCCCCCSc1ccc2nn(-c3cc(C)cc(CCCC)c3O)nc2c1. The third kappa shape index (κ3) is 7.35. The van der Waals surface area contributed by atoms with Gasteiger partial charge in [-0.15, -0.1) is 26.8 Å². The number of ether oxygens (including phenoxy) is 1. The van der Waals surface area contributed by atoms with Crippen molar-refractivity contribution in [3.63, 3.8) is 0 Å². The van der Waals surface area contributed by atoms with Crippen LogP contribution < -0.4 is 0 Å². The Kier molecular flexibility index (Phi) is 10.0. The summed E-state index contributed by atoms with van der Waals surface area (Å²) in [5, 5.41) is 20.1. The topological polar surface area (TPSA) is 77.2 Å². The quantitative estimate of drug-likeness (QED) is 0.129. The minimum atomic E-state index is -0.264. The van der Waals surface area contributed by atoms with Gasteiger partial charge in [0.25, 0.3) is 0 Å². The fraction of sp³-hybridized carbons (Fsp3) is 0.444. The largest absolute Gasteiger partial charge is 0.505 e. The lowest BCUT2D eigenvalue weighted by Crippen LogP contribution is -2.02. The number of carbonyl (C=O) groups excluding carboxylic acids is 1. The molecule has 0 saturated carbocycles. The van der Waals surface area contributed by atoms with Crippen LogP contribution in [0.2, 0.25) is 0 Å². The number of unbranched alkanes of at least 4 members (excludes halogenated alkanes) is 4. The lowest BCUT2D eigenvalue weighted by atomic mass is 10.0. The van der Waals surface area contributed by atoms with Crippen LogP contribution in [-0.4, -0.2) is 38.4 Å². The van der Waals surface area contributed by atoms with E-state index in [1.54, 1.807) is 17.8 Å². The van der Waals surface area contributed by atoms with E-state index >= 15 is 0 Å². The number of aromatic hydroxyl groups is 1. The number of aryl methyl sites for hydroxylation is 2. The number of thioether (sulfide) groups is 1. The van der Waals surface area contributed by atoms with Crippen LogP contribution in [-0.2, 0) is 16.0 Å². The number of rotatable bonds is 13. The maximum Gasteiger partial charge on any atom is 0.330 e. The maximum atomic E-state index is 11.3. The first-order valence-corrected chi connectivity index (χ1v) is 13.1. The molecule has 0 radical (unpaired) electrons. The summed E-state index contributed by atoms with van der Waals surface area (Å²) in [7, 11) is 0. The number of aromatic nitrogens is 3. The minimum Gasteiger partial charge on any atom is -0.505 e. The summed E-state index contributed by atoms with van der Waals surface area (Å²) in [6.45, 7) is 6.47. The van der Waals surface area contributed by atoms with Crippen molar-refractivity contribution >= 4 is 28.8 Å². The summed E-state index contributed by atoms with van der Waals surface area (Å²) >= 11 is 1.81. The van der Waals surface area contributed by atoms with Crippen molar-refractivity contribution < 1.29 is 14.6 Å². The average Bonchev–Trinajstić information content (AvgIpc) is 3.24. The average molecular weight is 482 g/mol. The number of allylic oxidation sites excluding steroid dienone is 1. The van der Waals surface area contributed by atoms with Crippen molar-refractivity contribution in [3.05, 3.63) is 53.6 Å². The molecule has 3 aromatic rings. The van der Waals surface area contributed by atoms with Crippen molar-refractivity contribution in [1.29, 1.82) is 0 Å². The first-order valence-electron chi connectivity index (χ1n) is 12.1. The van der Waals surface area contributed by atoms with E-state index in [-0.39, 0.29) is 11.7 Å². The Morgan fingerprint density at radius 1 is 1.09 bits per heavy atom. The Balaban J connectivity index is 1.54. The van der Waals surface area contributed by atoms with Crippen molar-refractivity contribution in [2.75, 3.05) is 12.4 Å². The van der Waals surface area contributed by atoms with Crippen LogP contribution in [0.5, 0.6) is 5.75 Å². The van der Waals surface area contributed by atoms with Crippen molar-refractivity contribution in [3.8, 4) is 11.4 Å². The molecule has 7 heteroatoms. The van der Waals surface area contributed by atoms with Gasteiger partial charge in [-0.1, -0.05) is 38.3 Å². The van der Waals surface area contributed by atoms with Crippen LogP contribution in [0.15, 0.2) is 47.4 Å². The van der Waals surface area contributed by atoms with Gasteiger partial charge in [-0.3, -0.25) is 0 Å². The molecule has 0 unspecified atom stereocenters. The van der Waals surface area contributed by atoms with Crippen LogP contribution in [0.4, 0.5) is 0 Å². The molecule has 2 aromatic carbocycles. The first-order chi connectivity index (χ1) is 16.5. The molecule has 0 bridgehead atoms. The number of fused-ring (bicyclic) bond motifs is 1. The van der Waals surface area contributed by atoms with Gasteiger partial charge < -0.3 is 9.84 Å². The van der Waals surface area contributed by atoms with Crippen LogP contribution in [0, 0.1) is 6.92 Å². The van der Waals surface area contributed by atoms with Gasteiger partial charge in [-0.2, -0.15) is 0 Å². The van der Waals surface area contributed by atoms with Gasteiger partial charge in [0.2, 0.25) is 0 Å². The highest BCUT2D eigenvalue weighted by atomic mass is 32.2. The number of hydrogen-bond acceptors (Lipinski definition) is 6. The molecule has 0 atom stereocenters. The number of hydrogen-bond donors (Lipinski definition) is 1. The summed E-state index contributed by atoms with van der Waals surface area (Å²) in [5.74, 6) is 1.03. The van der Waals surface area contributed by atoms with E-state index in [4.69, 9.17) is 4.74 Å². The Morgan fingerprint density at radius 2 is 1.88 bits per heavy atom. The smallest absolute Gasteiger partial charge is 0.330 e. The van der Waals surface area contributed by atoms with E-state index in [1.807, 2.05) is 36.9 Å². The zero-order chi connectivity index (χ0) is 24.3. The molecule has 0 fully saturated rings. The lowest BCUT2D eigenvalue weighted by Gasteiger charge is -2.10. The Bertz CT molecular complexity index is 1120. The van der Waals surface area contributed by atoms with Gasteiger partial charge in [0, 0.05) is 11.0 Å². The van der Waals surface area contributed by atoms with Crippen LogP contribution in [0.3, 0.4) is 0 Å². The molecular formula is C27H35N3O3S. The second-order valence-electron chi connectivity index (χ2n) is 8.47. The van der Waals surface area contributed by atoms with Gasteiger partial charge in [0.15, 0.2) is 0 Å². The number of carbonyl (C=O) groups is 1. The molecule has 182 valence electrons. The molecule has 0 amide bonds. The predicted octanol–water partition coefficient (Wildman–Crippen LogP) is 6.55. The molecule has 1 N–H and O–H groups in total. The van der Waals surface area contributed by atoms with E-state index < -0.39 is 0 Å². The number of esters is 1. The van der Waals surface area contributed by atoms with E-state index in [1.165, 1.54) is 6.08 Å². The molecule has 0 aliphatic rings. The molecule has 0 aliphatic heterocycles. The van der Waals surface area contributed by atoms with Crippen molar-refractivity contribution in [1.82, 2.24) is 15.0 Å². The second-order valence-corrected chi connectivity index (χ2v) is 9.63. The molecule has 1 heterocycles. The highest BCUT2D eigenvalue weighted by Crippen LogP contribution is 2.30. The summed E-state index contributed by atoms with van der Waals surface area (Å²) in [6, 6.07) is 10.1. The molecule has 34 heavy (non-hydrogen) atoms. The Hall–Kier alpha value is -2.80. The van der Waals surface area contributed by atoms with Crippen LogP contribution in [0.1, 0.15) is 63.5 Å². The van der Waals surface area contributed by atoms with Crippen molar-refractivity contribution in [2.45, 2.75) is 70.6 Å². The summed E-state index contributed by atoms with van der Waals surface area (Å²) in [6.07, 6.45) is 10.3. The fourth-order valence-corrected chi connectivity index (χ4v) is 4.68. The van der Waals surface area contributed by atoms with Crippen LogP contribution in [0.25, 0.3) is 16.7 Å². The molecule has 0 aliphatic carbocycles. The maximum absolute atomic E-state index is 11.3. The first kappa shape index (κ1) is 25.8. The zero-order valence-corrected chi connectivity index (χ0v) is 21.2. The second kappa shape index (κ2) is 13.2. The van der Waals surface area contributed by atoms with Gasteiger partial charge in [0.1, 0.15) is 22.5 Å². The summed E-state index contributed by atoms with van der Waals surface area (Å²) < 4.78 is 5.11. The molecule has 1 aromatic heterocycles. The van der Waals surface area contributed by atoms with Gasteiger partial charge in [-0.05, 0) is 80.7 Å². The molecule has 0 spiro atoms. The highest BCUT2D eigenvalue weighted by Gasteiger charge is 2.14. The fourth-order valence-electron chi connectivity index (χ4n) is 3.74. The van der Waals surface area contributed by atoms with E-state index in [9.17, 15) is 9.90 Å². The van der Waals surface area contributed by atoms with E-state index in [0.29, 0.717) is 12.3 Å². The summed E-state index contributed by atoms with van der Waals surface area (Å²) in [5.41, 5.74) is 4.31. The van der Waals surface area contributed by atoms with E-state index in [0.717, 1.165) is 77.8 Å². The van der Waals surface area contributed by atoms with Gasteiger partial charge in [0.05, 0.1) is 6.61 Å². The predicted molar refractivity (Wildman–Crippen MR) is 139 cm³/mol. The minimum absolute atomic E-state index is 0.264. The molecule has 0 saturated heterocycles. The van der Waals surface area contributed by atoms with Crippen molar-refractivity contribution in [2.24, 2.45) is 0 Å². The summed E-state index contributed by atoms with van der Waals surface area (Å²) in [4.78, 5) is 14.0. The number of nitrogens with zero attached hydrogens (tertiary/aromatic N) is 3. The van der Waals surface area contributed by atoms with Crippen LogP contribution >= 0.6 is 11.8 Å².